The van der Waals surface area contributed by atoms with Crippen molar-refractivity contribution >= 4 is 17.7 Å². The highest BCUT2D eigenvalue weighted by molar-refractivity contribution is 5.97. The van der Waals surface area contributed by atoms with E-state index in [1.54, 1.807) is 35.9 Å². The SMILES string of the molecule is C[C@H]1C(=O)N(C)CC2N(C(=O)c3ccc(O)cc3)CCC(=O)N21. The summed E-state index contributed by atoms with van der Waals surface area (Å²) < 4.78 is 0. The van der Waals surface area contributed by atoms with E-state index in [4.69, 9.17) is 0 Å². The zero-order chi connectivity index (χ0) is 16.7. The Morgan fingerprint density at radius 2 is 1.87 bits per heavy atom. The second kappa shape index (κ2) is 5.57. The summed E-state index contributed by atoms with van der Waals surface area (Å²) in [7, 11) is 1.68. The van der Waals surface area contributed by atoms with Gasteiger partial charge in [-0.15, -0.1) is 0 Å². The molecule has 2 atom stereocenters. The Morgan fingerprint density at radius 1 is 1.22 bits per heavy atom. The number of benzene rings is 1. The first-order valence-corrected chi connectivity index (χ1v) is 7.56. The molecule has 3 amide bonds. The van der Waals surface area contributed by atoms with E-state index in [0.29, 0.717) is 18.7 Å². The molecule has 0 spiro atoms. The monoisotopic (exact) mass is 317 g/mol. The molecule has 0 aliphatic carbocycles. The molecule has 2 saturated heterocycles. The lowest BCUT2D eigenvalue weighted by Crippen LogP contribution is -2.70. The topological polar surface area (TPSA) is 81.2 Å². The van der Waals surface area contributed by atoms with Crippen LogP contribution in [-0.4, -0.2) is 69.9 Å². The van der Waals surface area contributed by atoms with Crippen LogP contribution in [0, 0.1) is 0 Å². The number of carbonyl (C=O) groups is 3. The maximum atomic E-state index is 12.8. The maximum Gasteiger partial charge on any atom is 0.255 e. The number of nitrogens with zero attached hydrogens (tertiary/aromatic N) is 3. The van der Waals surface area contributed by atoms with Crippen molar-refractivity contribution in [2.45, 2.75) is 25.6 Å². The lowest BCUT2D eigenvalue weighted by molar-refractivity contribution is -0.164. The third-order valence-electron chi connectivity index (χ3n) is 4.50. The summed E-state index contributed by atoms with van der Waals surface area (Å²) in [5.74, 6) is -0.330. The molecule has 1 N–H and O–H groups in total. The number of hydrogen-bond donors (Lipinski definition) is 1. The maximum absolute atomic E-state index is 12.8. The van der Waals surface area contributed by atoms with E-state index in [9.17, 15) is 19.5 Å². The van der Waals surface area contributed by atoms with Gasteiger partial charge in [-0.2, -0.15) is 0 Å². The largest absolute Gasteiger partial charge is 0.508 e. The third-order valence-corrected chi connectivity index (χ3v) is 4.50. The van der Waals surface area contributed by atoms with Gasteiger partial charge in [-0.25, -0.2) is 0 Å². The smallest absolute Gasteiger partial charge is 0.255 e. The van der Waals surface area contributed by atoms with Crippen LogP contribution in [0.1, 0.15) is 23.7 Å². The first-order valence-electron chi connectivity index (χ1n) is 7.56. The summed E-state index contributed by atoms with van der Waals surface area (Å²) in [4.78, 5) is 41.8. The normalized spacial score (nSPS) is 24.7. The van der Waals surface area contributed by atoms with Crippen LogP contribution in [0.2, 0.25) is 0 Å². The van der Waals surface area contributed by atoms with Crippen molar-refractivity contribution in [2.24, 2.45) is 0 Å². The summed E-state index contributed by atoms with van der Waals surface area (Å²) >= 11 is 0. The van der Waals surface area contributed by atoms with Crippen LogP contribution in [0.4, 0.5) is 0 Å². The average Bonchev–Trinajstić information content (AvgIpc) is 2.53. The van der Waals surface area contributed by atoms with Gasteiger partial charge in [0.1, 0.15) is 18.0 Å². The molecule has 7 heteroatoms. The molecular formula is C16H19N3O4. The lowest BCUT2D eigenvalue weighted by Gasteiger charge is -2.50. The summed E-state index contributed by atoms with van der Waals surface area (Å²) in [5, 5.41) is 9.35. The van der Waals surface area contributed by atoms with Crippen molar-refractivity contribution in [3.63, 3.8) is 0 Å². The van der Waals surface area contributed by atoms with Crippen LogP contribution >= 0.6 is 0 Å². The molecule has 2 fully saturated rings. The number of piperazine rings is 1. The van der Waals surface area contributed by atoms with E-state index in [1.807, 2.05) is 0 Å². The molecule has 2 aliphatic heterocycles. The van der Waals surface area contributed by atoms with Crippen molar-refractivity contribution in [3.05, 3.63) is 29.8 Å². The van der Waals surface area contributed by atoms with Gasteiger partial charge in [0.2, 0.25) is 11.8 Å². The number of fused-ring (bicyclic) bond motifs is 1. The second-order valence-corrected chi connectivity index (χ2v) is 5.97. The van der Waals surface area contributed by atoms with Crippen LogP contribution in [0.3, 0.4) is 0 Å². The first kappa shape index (κ1) is 15.3. The van der Waals surface area contributed by atoms with Crippen molar-refractivity contribution in [1.82, 2.24) is 14.7 Å². The number of phenolic OH excluding ortho intramolecular Hbond substituents is 1. The van der Waals surface area contributed by atoms with Gasteiger partial charge in [-0.05, 0) is 31.2 Å². The number of aromatic hydroxyl groups is 1. The Morgan fingerprint density at radius 3 is 2.52 bits per heavy atom. The lowest BCUT2D eigenvalue weighted by atomic mass is 10.0. The molecule has 122 valence electrons. The summed E-state index contributed by atoms with van der Waals surface area (Å²) in [6.45, 7) is 2.32. The van der Waals surface area contributed by atoms with Gasteiger partial charge in [0.25, 0.3) is 5.91 Å². The molecule has 2 aliphatic rings. The zero-order valence-electron chi connectivity index (χ0n) is 13.1. The Bertz CT molecular complexity index is 658. The van der Waals surface area contributed by atoms with Crippen LogP contribution in [0.15, 0.2) is 24.3 Å². The third kappa shape index (κ3) is 2.52. The van der Waals surface area contributed by atoms with Crippen molar-refractivity contribution < 1.29 is 19.5 Å². The van der Waals surface area contributed by atoms with Crippen molar-refractivity contribution in [2.75, 3.05) is 20.1 Å². The number of likely N-dealkylation sites (N-methyl/N-ethyl adjacent to an activating group) is 1. The quantitative estimate of drug-likeness (QED) is 0.805. The minimum absolute atomic E-state index is 0.0913. The van der Waals surface area contributed by atoms with E-state index in [2.05, 4.69) is 0 Å². The Hall–Kier alpha value is -2.57. The molecule has 7 nitrogen and oxygen atoms in total. The molecule has 23 heavy (non-hydrogen) atoms. The Kier molecular flexibility index (Phi) is 3.71. The van der Waals surface area contributed by atoms with Gasteiger partial charge in [-0.3, -0.25) is 14.4 Å². The molecule has 1 aromatic rings. The van der Waals surface area contributed by atoms with E-state index < -0.39 is 12.2 Å². The van der Waals surface area contributed by atoms with Crippen LogP contribution < -0.4 is 0 Å². The molecule has 1 unspecified atom stereocenters. The predicted molar refractivity (Wildman–Crippen MR) is 81.5 cm³/mol. The standard InChI is InChI=1S/C16H19N3O4/c1-10-15(22)17(2)9-13-18(8-7-14(21)19(10)13)16(23)11-3-5-12(20)6-4-11/h3-6,10,13,20H,7-9H2,1-2H3/t10-,13?/m0/s1. The molecule has 0 bridgehead atoms. The minimum atomic E-state index is -0.568. The van der Waals surface area contributed by atoms with Crippen LogP contribution in [-0.2, 0) is 9.59 Å². The molecule has 3 rings (SSSR count). The van der Waals surface area contributed by atoms with E-state index >= 15 is 0 Å². The van der Waals surface area contributed by atoms with Gasteiger partial charge < -0.3 is 19.8 Å². The summed E-state index contributed by atoms with van der Waals surface area (Å²) in [5.41, 5.74) is 0.448. The molecular weight excluding hydrogens is 298 g/mol. The highest BCUT2D eigenvalue weighted by Gasteiger charge is 2.46. The number of hydrogen-bond acceptors (Lipinski definition) is 4. The highest BCUT2D eigenvalue weighted by Crippen LogP contribution is 2.26. The number of amides is 3. The van der Waals surface area contributed by atoms with Gasteiger partial charge >= 0.3 is 0 Å². The van der Waals surface area contributed by atoms with E-state index in [0.717, 1.165) is 0 Å². The molecule has 1 aromatic carbocycles. The number of phenols is 1. The molecule has 2 heterocycles. The van der Waals surface area contributed by atoms with E-state index in [-0.39, 0.29) is 29.9 Å². The van der Waals surface area contributed by atoms with Gasteiger partial charge in [0.15, 0.2) is 0 Å². The second-order valence-electron chi connectivity index (χ2n) is 5.97. The fraction of sp³-hybridized carbons (Fsp3) is 0.438. The first-order chi connectivity index (χ1) is 10.9. The fourth-order valence-electron chi connectivity index (χ4n) is 3.25. The fourth-order valence-corrected chi connectivity index (χ4v) is 3.25. The average molecular weight is 317 g/mol. The Balaban J connectivity index is 1.90. The zero-order valence-corrected chi connectivity index (χ0v) is 13.1. The number of rotatable bonds is 1. The summed E-state index contributed by atoms with van der Waals surface area (Å²) in [6, 6.07) is 5.46. The van der Waals surface area contributed by atoms with Crippen LogP contribution in [0.25, 0.3) is 0 Å². The van der Waals surface area contributed by atoms with Gasteiger partial charge in [-0.1, -0.05) is 0 Å². The van der Waals surface area contributed by atoms with Gasteiger partial charge in [0.05, 0.1) is 6.54 Å². The van der Waals surface area contributed by atoms with Crippen LogP contribution in [0.5, 0.6) is 5.75 Å². The summed E-state index contributed by atoms with van der Waals surface area (Å²) in [6.07, 6.45) is -0.239. The predicted octanol–water partition coefficient (Wildman–Crippen LogP) is 0.253. The van der Waals surface area contributed by atoms with Crippen molar-refractivity contribution in [1.29, 1.82) is 0 Å². The molecule has 0 aromatic heterocycles. The van der Waals surface area contributed by atoms with Crippen molar-refractivity contribution in [3.8, 4) is 5.75 Å². The molecule has 0 radical (unpaired) electrons. The minimum Gasteiger partial charge on any atom is -0.508 e. The Labute approximate surface area is 134 Å². The van der Waals surface area contributed by atoms with E-state index in [1.165, 1.54) is 17.0 Å². The highest BCUT2D eigenvalue weighted by atomic mass is 16.3. The number of carbonyl (C=O) groups excluding carboxylic acids is 3. The molecule has 0 saturated carbocycles. The van der Waals surface area contributed by atoms with Gasteiger partial charge in [0, 0.05) is 25.6 Å².